The van der Waals surface area contributed by atoms with E-state index in [1.165, 1.54) is 11.3 Å². The number of carbonyl (C=O) groups is 1. The van der Waals surface area contributed by atoms with E-state index in [-0.39, 0.29) is 5.91 Å². The zero-order valence-corrected chi connectivity index (χ0v) is 13.5. The zero-order chi connectivity index (χ0) is 16.4. The van der Waals surface area contributed by atoms with Gasteiger partial charge in [-0.2, -0.15) is 0 Å². The average molecular weight is 334 g/mol. The lowest BCUT2D eigenvalue weighted by Gasteiger charge is -2.02. The molecule has 0 bridgehead atoms. The topological polar surface area (TPSA) is 70.7 Å². The van der Waals surface area contributed by atoms with E-state index in [1.807, 2.05) is 48.0 Å². The number of aromatic nitrogens is 3. The fourth-order valence-electron chi connectivity index (χ4n) is 2.58. The van der Waals surface area contributed by atoms with E-state index in [2.05, 4.69) is 20.3 Å². The van der Waals surface area contributed by atoms with Gasteiger partial charge in [0.05, 0.1) is 11.4 Å². The second-order valence-electron chi connectivity index (χ2n) is 5.37. The number of nitrogens with zero attached hydrogens (tertiary/aromatic N) is 2. The quantitative estimate of drug-likeness (QED) is 0.595. The third-order valence-corrected chi connectivity index (χ3v) is 4.53. The van der Waals surface area contributed by atoms with Crippen LogP contribution in [-0.4, -0.2) is 20.9 Å². The minimum Gasteiger partial charge on any atom is -0.344 e. The summed E-state index contributed by atoms with van der Waals surface area (Å²) in [5.74, 6) is -0.0201. The Morgan fingerprint density at radius 2 is 2.00 bits per heavy atom. The van der Waals surface area contributed by atoms with Gasteiger partial charge in [-0.25, -0.2) is 4.98 Å². The summed E-state index contributed by atoms with van der Waals surface area (Å²) < 4.78 is 0. The number of fused-ring (bicyclic) bond motifs is 1. The van der Waals surface area contributed by atoms with Crippen LogP contribution in [0.2, 0.25) is 0 Å². The van der Waals surface area contributed by atoms with Gasteiger partial charge in [-0.15, -0.1) is 11.3 Å². The third-order valence-electron chi connectivity index (χ3n) is 3.69. The predicted molar refractivity (Wildman–Crippen MR) is 96.0 cm³/mol. The lowest BCUT2D eigenvalue weighted by molar-refractivity contribution is -0.115. The molecule has 0 atom stereocenters. The number of amides is 1. The monoisotopic (exact) mass is 334 g/mol. The van der Waals surface area contributed by atoms with Crippen LogP contribution in [0.1, 0.15) is 5.56 Å². The first kappa shape index (κ1) is 14.6. The van der Waals surface area contributed by atoms with Crippen molar-refractivity contribution in [2.24, 2.45) is 0 Å². The number of anilines is 1. The number of benzene rings is 1. The summed E-state index contributed by atoms with van der Waals surface area (Å²) in [7, 11) is 0. The van der Waals surface area contributed by atoms with E-state index >= 15 is 0 Å². The molecule has 118 valence electrons. The average Bonchev–Trinajstić information content (AvgIpc) is 3.22. The molecular formula is C18H14N4OS. The maximum absolute atomic E-state index is 12.2. The molecule has 1 amide bonds. The van der Waals surface area contributed by atoms with Crippen LogP contribution in [0.15, 0.2) is 60.4 Å². The van der Waals surface area contributed by atoms with Crippen LogP contribution < -0.4 is 5.32 Å². The molecule has 0 spiro atoms. The smallest absolute Gasteiger partial charge is 0.229 e. The molecule has 4 rings (SSSR count). The maximum atomic E-state index is 12.2. The summed E-state index contributed by atoms with van der Waals surface area (Å²) in [6.45, 7) is 0. The molecule has 3 heterocycles. The van der Waals surface area contributed by atoms with E-state index in [0.717, 1.165) is 32.9 Å². The SMILES string of the molecule is O=C(Cc1ccccc1)Nc1cc(-c2c[nH]c3nccnc23)cs1. The van der Waals surface area contributed by atoms with E-state index in [9.17, 15) is 4.79 Å². The number of hydrogen-bond acceptors (Lipinski definition) is 4. The van der Waals surface area contributed by atoms with Crippen molar-refractivity contribution >= 4 is 33.4 Å². The molecule has 0 saturated heterocycles. The van der Waals surface area contributed by atoms with E-state index in [0.29, 0.717) is 6.42 Å². The predicted octanol–water partition coefficient (Wildman–Crippen LogP) is 3.87. The summed E-state index contributed by atoms with van der Waals surface area (Å²) >= 11 is 1.50. The van der Waals surface area contributed by atoms with E-state index in [4.69, 9.17) is 0 Å². The van der Waals surface area contributed by atoms with Crippen molar-refractivity contribution in [3.63, 3.8) is 0 Å². The molecule has 0 aliphatic carbocycles. The Morgan fingerprint density at radius 1 is 1.17 bits per heavy atom. The number of rotatable bonds is 4. The molecule has 3 aromatic heterocycles. The van der Waals surface area contributed by atoms with Gasteiger partial charge < -0.3 is 10.3 Å². The third kappa shape index (κ3) is 2.91. The first-order valence-corrected chi connectivity index (χ1v) is 8.38. The second-order valence-corrected chi connectivity index (χ2v) is 6.28. The molecule has 2 N–H and O–H groups in total. The highest BCUT2D eigenvalue weighted by Gasteiger charge is 2.11. The first-order valence-electron chi connectivity index (χ1n) is 7.50. The summed E-state index contributed by atoms with van der Waals surface area (Å²) in [6.07, 6.45) is 5.59. The lowest BCUT2D eigenvalue weighted by atomic mass is 10.1. The number of nitrogens with one attached hydrogen (secondary N) is 2. The molecule has 0 aliphatic rings. The normalized spacial score (nSPS) is 10.8. The number of hydrogen-bond donors (Lipinski definition) is 2. The van der Waals surface area contributed by atoms with Gasteiger partial charge in [0.25, 0.3) is 0 Å². The van der Waals surface area contributed by atoms with Crippen molar-refractivity contribution in [2.45, 2.75) is 6.42 Å². The Hall–Kier alpha value is -2.99. The highest BCUT2D eigenvalue weighted by atomic mass is 32.1. The summed E-state index contributed by atoms with van der Waals surface area (Å²) in [4.78, 5) is 23.9. The summed E-state index contributed by atoms with van der Waals surface area (Å²) in [5.41, 5.74) is 4.59. The summed E-state index contributed by atoms with van der Waals surface area (Å²) in [5, 5.41) is 5.79. The Morgan fingerprint density at radius 3 is 2.88 bits per heavy atom. The second kappa shape index (κ2) is 6.25. The van der Waals surface area contributed by atoms with Crippen LogP contribution in [0.25, 0.3) is 22.3 Å². The highest BCUT2D eigenvalue weighted by molar-refractivity contribution is 7.14. The fourth-order valence-corrected chi connectivity index (χ4v) is 3.39. The standard InChI is InChI=1S/C18H14N4OS/c23-15(8-12-4-2-1-3-5-12)22-16-9-13(11-24-16)14-10-21-18-17(14)19-6-7-20-18/h1-7,9-11H,8H2,(H,20,21)(H,22,23). The van der Waals surface area contributed by atoms with Gasteiger partial charge in [0.1, 0.15) is 5.52 Å². The van der Waals surface area contributed by atoms with Crippen molar-refractivity contribution in [2.75, 3.05) is 5.32 Å². The van der Waals surface area contributed by atoms with Crippen molar-refractivity contribution < 1.29 is 4.79 Å². The number of H-pyrrole nitrogens is 1. The van der Waals surface area contributed by atoms with Crippen LogP contribution in [0, 0.1) is 0 Å². The van der Waals surface area contributed by atoms with Crippen molar-refractivity contribution in [3.05, 3.63) is 65.9 Å². The molecule has 0 unspecified atom stereocenters. The van der Waals surface area contributed by atoms with Crippen LogP contribution in [0.5, 0.6) is 0 Å². The Labute approximate surface area is 142 Å². The van der Waals surface area contributed by atoms with Gasteiger partial charge in [0, 0.05) is 29.5 Å². The minimum atomic E-state index is -0.0201. The molecular weight excluding hydrogens is 320 g/mol. The molecule has 24 heavy (non-hydrogen) atoms. The van der Waals surface area contributed by atoms with Gasteiger partial charge in [0.2, 0.25) is 5.91 Å². The lowest BCUT2D eigenvalue weighted by Crippen LogP contribution is -2.13. The molecule has 0 fully saturated rings. The van der Waals surface area contributed by atoms with Gasteiger partial charge in [-0.05, 0) is 17.2 Å². The largest absolute Gasteiger partial charge is 0.344 e. The molecule has 4 aromatic rings. The van der Waals surface area contributed by atoms with Crippen LogP contribution >= 0.6 is 11.3 Å². The van der Waals surface area contributed by atoms with Crippen molar-refractivity contribution in [1.29, 1.82) is 0 Å². The summed E-state index contributed by atoms with van der Waals surface area (Å²) in [6, 6.07) is 11.7. The number of thiophene rings is 1. The van der Waals surface area contributed by atoms with Crippen LogP contribution in [0.4, 0.5) is 5.00 Å². The molecule has 1 aromatic carbocycles. The van der Waals surface area contributed by atoms with Gasteiger partial charge >= 0.3 is 0 Å². The maximum Gasteiger partial charge on any atom is 0.229 e. The van der Waals surface area contributed by atoms with Crippen molar-refractivity contribution in [1.82, 2.24) is 15.0 Å². The van der Waals surface area contributed by atoms with Gasteiger partial charge in [-0.1, -0.05) is 30.3 Å². The van der Waals surface area contributed by atoms with Crippen LogP contribution in [-0.2, 0) is 11.2 Å². The fraction of sp³-hybridized carbons (Fsp3) is 0.0556. The Balaban J connectivity index is 1.52. The number of aromatic amines is 1. The van der Waals surface area contributed by atoms with Crippen LogP contribution in [0.3, 0.4) is 0 Å². The van der Waals surface area contributed by atoms with Crippen molar-refractivity contribution in [3.8, 4) is 11.1 Å². The molecule has 0 radical (unpaired) electrons. The van der Waals surface area contributed by atoms with Gasteiger partial charge in [0.15, 0.2) is 5.65 Å². The van der Waals surface area contributed by atoms with E-state index < -0.39 is 0 Å². The molecule has 5 nitrogen and oxygen atoms in total. The molecule has 0 saturated carbocycles. The minimum absolute atomic E-state index is 0.0201. The van der Waals surface area contributed by atoms with E-state index in [1.54, 1.807) is 12.4 Å². The zero-order valence-electron chi connectivity index (χ0n) is 12.7. The van der Waals surface area contributed by atoms with Gasteiger partial charge in [-0.3, -0.25) is 9.78 Å². The number of carbonyl (C=O) groups excluding carboxylic acids is 1. The Bertz CT molecular complexity index is 990. The Kier molecular flexibility index (Phi) is 3.80. The first-order chi connectivity index (χ1) is 11.8. The highest BCUT2D eigenvalue weighted by Crippen LogP contribution is 2.32. The molecule has 0 aliphatic heterocycles. The molecule has 6 heteroatoms.